The highest BCUT2D eigenvalue weighted by Gasteiger charge is 2.49. The zero-order valence-corrected chi connectivity index (χ0v) is 82.6. The van der Waals surface area contributed by atoms with Gasteiger partial charge in [-0.15, -0.1) is 0 Å². The SMILES string of the molecule is CC1(C)CC(N)CC(C)(CN)C1.CC1(C)CC(N=C=O)CC(C)(CN=C=O)C1.CC1(C)CC(N=C=O)CC(C)(CNC(=O)OCCOC(=O)NCC2(C)CC(N=C=O)CC(C)(C)C2)C1.CN(CC1(C)CC(NC(=O)NC2CC(C)(C)CC(C)(CNC(=O)NC3CC(C)(C)CC(C)(CNC(=O)OCCOC(C)(C)C)C3)C2)CC(C)(C)C1)C(=O)C(C)(C)C.OCCO. The highest BCUT2D eigenvalue weighted by atomic mass is 16.6. The molecule has 7 aliphatic rings. The Morgan fingerprint density at radius 3 is 1.03 bits per heavy atom. The smallest absolute Gasteiger partial charge is 0.407 e. The molecule has 30 heteroatoms. The van der Waals surface area contributed by atoms with Crippen molar-refractivity contribution < 1.29 is 77.1 Å². The lowest BCUT2D eigenvalue weighted by Gasteiger charge is -2.49. The molecular formula is C95H172N14O16. The van der Waals surface area contributed by atoms with Crippen LogP contribution in [0.3, 0.4) is 0 Å². The molecule has 718 valence electrons. The van der Waals surface area contributed by atoms with E-state index < -0.39 is 23.7 Å². The summed E-state index contributed by atoms with van der Waals surface area (Å²) >= 11 is 0. The van der Waals surface area contributed by atoms with E-state index in [4.69, 9.17) is 40.6 Å². The topological polar surface area (TPSA) is 437 Å². The summed E-state index contributed by atoms with van der Waals surface area (Å²) in [6, 6.07) is -0.261. The number of aliphatic imine (C=N–C) groups is 4. The van der Waals surface area contributed by atoms with Gasteiger partial charge < -0.3 is 82.7 Å². The quantitative estimate of drug-likeness (QED) is 0.0166. The lowest BCUT2D eigenvalue weighted by atomic mass is 9.62. The zero-order chi connectivity index (χ0) is 95.6. The number of carbonyl (C=O) groups is 6. The van der Waals surface area contributed by atoms with E-state index in [-0.39, 0.29) is 163 Å². The standard InChI is InChI=1S/C45H84N6O6.C26H42N4O6.C12H18N2O2.C10H22N2.C2H6O2/c1-38(2,3)34(52)51(16)30-45(15)24-33(21-42(11,12)27-45)50-36(54)49-32-20-41(9,10)25-43(13,23-32)28-46-35(53)48-31-19-40(7,8)26-44(14,22-31)29-47-37(55)56-17-18-57-39(4,5)6;1-23(2)9-19(29-17-31)11-25(5,13-23)15-27-21(33)35-7-8-36-22(34)28-16-26(6)12-20(30-18-32)10-24(3,4)14-26;1-11(2)4-10(14-9-16)5-12(3,6-11)7-13-8-15;1-9(2)4-8(12)5-10(3,6-9)7-11;3-1-2-4/h31-33H,17-30H2,1-16H3,(H,47,55)(H2,46,48,53)(H2,49,50,54);19-20H,7-16H2,1-6H3,(H,27,33)(H,28,34);10H,4-7H2,1-3H3;8H,4-7,11-12H2,1-3H3;3-4H,1-2H2. The predicted molar refractivity (Wildman–Crippen MR) is 491 cm³/mol. The van der Waals surface area contributed by atoms with Crippen LogP contribution in [0.2, 0.25) is 0 Å². The first-order valence-electron chi connectivity index (χ1n) is 45.7. The van der Waals surface area contributed by atoms with Crippen LogP contribution in [-0.4, -0.2) is 216 Å². The first-order chi connectivity index (χ1) is 57.1. The summed E-state index contributed by atoms with van der Waals surface area (Å²) in [5.41, 5.74) is 10.7. The van der Waals surface area contributed by atoms with E-state index in [1.165, 1.54) is 6.42 Å². The van der Waals surface area contributed by atoms with Gasteiger partial charge >= 0.3 is 30.3 Å². The number of hydrogen-bond donors (Lipinski definition) is 11. The van der Waals surface area contributed by atoms with Gasteiger partial charge in [0.15, 0.2) is 0 Å². The van der Waals surface area contributed by atoms with Gasteiger partial charge in [0.25, 0.3) is 0 Å². The van der Waals surface area contributed by atoms with Crippen LogP contribution in [0.1, 0.15) is 322 Å². The summed E-state index contributed by atoms with van der Waals surface area (Å²) in [6.45, 7) is 61.5. The molecule has 30 nitrogen and oxygen atoms in total. The minimum absolute atomic E-state index is 0.0000486. The number of rotatable bonds is 26. The lowest BCUT2D eigenvalue weighted by molar-refractivity contribution is -0.140. The molecule has 7 fully saturated rings. The number of urea groups is 2. The monoisotopic (exact) mass is 1770 g/mol. The highest BCUT2D eigenvalue weighted by molar-refractivity contribution is 5.81. The molecule has 0 radical (unpaired) electrons. The Morgan fingerprint density at radius 1 is 0.392 bits per heavy atom. The van der Waals surface area contributed by atoms with Crippen molar-refractivity contribution in [3.05, 3.63) is 0 Å². The zero-order valence-electron chi connectivity index (χ0n) is 82.6. The van der Waals surface area contributed by atoms with Gasteiger partial charge in [-0.3, -0.25) is 4.79 Å². The molecule has 14 unspecified atom stereocenters. The number of amides is 8. The Bertz CT molecular complexity index is 3610. The number of ether oxygens (including phenoxy) is 4. The third-order valence-electron chi connectivity index (χ3n) is 25.6. The molecule has 0 spiro atoms. The Hall–Kier alpha value is -6.86. The van der Waals surface area contributed by atoms with Gasteiger partial charge in [-0.25, -0.2) is 63.1 Å². The number of nitrogens with zero attached hydrogens (tertiary/aromatic N) is 5. The maximum absolute atomic E-state index is 13.7. The molecule has 0 saturated heterocycles. The molecule has 0 aromatic heterocycles. The first-order valence-corrected chi connectivity index (χ1v) is 45.7. The molecule has 0 heterocycles. The van der Waals surface area contributed by atoms with Crippen molar-refractivity contribution in [2.45, 2.75) is 370 Å². The number of carbonyl (C=O) groups excluding carboxylic acids is 10. The van der Waals surface area contributed by atoms with Gasteiger partial charge in [-0.2, -0.15) is 0 Å². The number of aliphatic hydroxyl groups is 2. The molecular weight excluding hydrogens is 1590 g/mol. The summed E-state index contributed by atoms with van der Waals surface area (Å²) in [5.74, 6) is 0.132. The molecule has 7 aliphatic carbocycles. The third kappa shape index (κ3) is 43.4. The normalized spacial score (nSPS) is 31.3. The molecule has 14 atom stereocenters. The maximum atomic E-state index is 13.7. The van der Waals surface area contributed by atoms with Crippen LogP contribution in [-0.2, 0) is 42.9 Å². The van der Waals surface area contributed by atoms with Crippen molar-refractivity contribution in [3.8, 4) is 0 Å². The van der Waals surface area contributed by atoms with E-state index >= 15 is 0 Å². The Morgan fingerprint density at radius 2 is 0.696 bits per heavy atom. The van der Waals surface area contributed by atoms with Crippen LogP contribution in [0.5, 0.6) is 0 Å². The Labute approximate surface area is 751 Å². The van der Waals surface area contributed by atoms with Crippen LogP contribution in [0, 0.1) is 81.2 Å². The molecule has 13 N–H and O–H groups in total. The van der Waals surface area contributed by atoms with Crippen LogP contribution in [0.4, 0.5) is 24.0 Å². The van der Waals surface area contributed by atoms with Gasteiger partial charge in [-0.05, 0) is 238 Å². The minimum Gasteiger partial charge on any atom is -0.447 e. The van der Waals surface area contributed by atoms with Crippen LogP contribution in [0.25, 0.3) is 0 Å². The summed E-state index contributed by atoms with van der Waals surface area (Å²) < 4.78 is 21.3. The van der Waals surface area contributed by atoms with Crippen LogP contribution in [0.15, 0.2) is 20.0 Å². The van der Waals surface area contributed by atoms with Crippen molar-refractivity contribution >= 4 is 60.6 Å². The fraction of sp³-hybridized carbons (Fsp3) is 0.895. The van der Waals surface area contributed by atoms with E-state index in [1.54, 1.807) is 24.3 Å². The average molecular weight is 1770 g/mol. The molecule has 125 heavy (non-hydrogen) atoms. The van der Waals surface area contributed by atoms with E-state index in [2.05, 4.69) is 203 Å². The average Bonchev–Trinajstić information content (AvgIpc) is 0.800. The predicted octanol–water partition coefficient (Wildman–Crippen LogP) is 15.4. The molecule has 0 aliphatic heterocycles. The number of nitrogens with one attached hydrogen (secondary N) is 7. The largest absolute Gasteiger partial charge is 0.447 e. The van der Waals surface area contributed by atoms with Gasteiger partial charge in [0, 0.05) is 69.4 Å². The van der Waals surface area contributed by atoms with E-state index in [0.29, 0.717) is 70.2 Å². The summed E-state index contributed by atoms with van der Waals surface area (Å²) in [5, 5.41) is 36.9. The lowest BCUT2D eigenvalue weighted by Crippen LogP contribution is -2.56. The fourth-order valence-corrected chi connectivity index (χ4v) is 24.2. The molecule has 7 rings (SSSR count). The van der Waals surface area contributed by atoms with Crippen molar-refractivity contribution in [1.29, 1.82) is 0 Å². The molecule has 0 bridgehead atoms. The van der Waals surface area contributed by atoms with Gasteiger partial charge in [-0.1, -0.05) is 166 Å². The van der Waals surface area contributed by atoms with Gasteiger partial charge in [0.1, 0.15) is 19.8 Å². The fourth-order valence-electron chi connectivity index (χ4n) is 24.2. The number of aliphatic hydroxyl groups excluding tert-OH is 2. The molecule has 0 aromatic carbocycles. The number of alkyl carbamates (subject to hydrolysis) is 3. The van der Waals surface area contributed by atoms with Crippen molar-refractivity contribution in [3.63, 3.8) is 0 Å². The van der Waals surface area contributed by atoms with Gasteiger partial charge in [0.2, 0.25) is 30.2 Å². The minimum atomic E-state index is -0.585. The summed E-state index contributed by atoms with van der Waals surface area (Å²) in [4.78, 5) is 136. The van der Waals surface area contributed by atoms with E-state index in [1.807, 2.05) is 53.5 Å². The Balaban J connectivity index is 0.000000496. The van der Waals surface area contributed by atoms with Crippen LogP contribution >= 0.6 is 0 Å². The van der Waals surface area contributed by atoms with Crippen molar-refractivity contribution in [2.24, 2.45) is 113 Å². The Kier molecular flexibility index (Phi) is 41.9. The maximum Gasteiger partial charge on any atom is 0.407 e. The second-order valence-corrected chi connectivity index (χ2v) is 48.7. The third-order valence-corrected chi connectivity index (χ3v) is 25.6. The highest BCUT2D eigenvalue weighted by Crippen LogP contribution is 2.53. The van der Waals surface area contributed by atoms with E-state index in [0.717, 1.165) is 122 Å². The van der Waals surface area contributed by atoms with E-state index in [9.17, 15) is 47.9 Å². The second kappa shape index (κ2) is 46.6. The number of nitrogens with two attached hydrogens (primary N) is 2. The molecule has 7 saturated carbocycles. The number of isocyanates is 4. The summed E-state index contributed by atoms with van der Waals surface area (Å²) in [7, 11) is 1.90. The van der Waals surface area contributed by atoms with Crippen LogP contribution < -0.4 is 48.7 Å². The van der Waals surface area contributed by atoms with Crippen molar-refractivity contribution in [1.82, 2.24) is 42.1 Å². The molecule has 0 aromatic rings. The van der Waals surface area contributed by atoms with Gasteiger partial charge in [0.05, 0.1) is 50.1 Å². The first kappa shape index (κ1) is 112. The molecule has 8 amide bonds. The second-order valence-electron chi connectivity index (χ2n) is 48.7. The number of hydrogen-bond acceptors (Lipinski definition) is 22. The summed E-state index contributed by atoms with van der Waals surface area (Å²) in [6.07, 6.45) is 23.5. The van der Waals surface area contributed by atoms with Crippen molar-refractivity contribution in [2.75, 3.05) is 92.5 Å².